The van der Waals surface area contributed by atoms with Gasteiger partial charge in [-0.2, -0.15) is 0 Å². The van der Waals surface area contributed by atoms with Crippen molar-refractivity contribution in [1.82, 2.24) is 0 Å². The van der Waals surface area contributed by atoms with Crippen LogP contribution in [-0.4, -0.2) is 6.10 Å². The second-order valence-corrected chi connectivity index (χ2v) is 3.71. The molecule has 0 aliphatic heterocycles. The minimum Gasteiger partial charge on any atom is -0.490 e. The predicted molar refractivity (Wildman–Crippen MR) is 66.1 cm³/mol. The molecule has 0 fully saturated rings. The van der Waals surface area contributed by atoms with Crippen LogP contribution in [0.15, 0.2) is 30.8 Å². The number of hydrogen-bond donors (Lipinski definition) is 0. The first-order valence-corrected chi connectivity index (χ1v) is 5.69. The molecule has 0 N–H and O–H groups in total. The van der Waals surface area contributed by atoms with E-state index in [1.165, 1.54) is 6.42 Å². The van der Waals surface area contributed by atoms with E-state index in [4.69, 9.17) is 4.74 Å². The molecule has 0 aliphatic carbocycles. The summed E-state index contributed by atoms with van der Waals surface area (Å²) in [4.78, 5) is 0. The van der Waals surface area contributed by atoms with Crippen LogP contribution in [0.1, 0.15) is 38.7 Å². The molecule has 0 aromatic heterocycles. The molecule has 1 aromatic carbocycles. The average molecular weight is 204 g/mol. The van der Waals surface area contributed by atoms with Crippen molar-refractivity contribution in [1.29, 1.82) is 0 Å². The zero-order chi connectivity index (χ0) is 11.1. The van der Waals surface area contributed by atoms with Crippen LogP contribution < -0.4 is 4.74 Å². The summed E-state index contributed by atoms with van der Waals surface area (Å²) in [6.07, 6.45) is 5.53. The van der Waals surface area contributed by atoms with E-state index in [0.717, 1.165) is 24.2 Å². The standard InChI is InChI=1S/C14H20O/c1-4-8-13(6-3)15-14-10-7-9-12(5-2)11-14/h5,7,9-11,13H,2,4,6,8H2,1,3H3. The highest BCUT2D eigenvalue weighted by Gasteiger charge is 2.06. The first kappa shape index (κ1) is 11.8. The van der Waals surface area contributed by atoms with Gasteiger partial charge in [-0.15, -0.1) is 0 Å². The lowest BCUT2D eigenvalue weighted by Gasteiger charge is -2.16. The Kier molecular flexibility index (Phi) is 4.96. The molecule has 0 radical (unpaired) electrons. The third-order valence-electron chi connectivity index (χ3n) is 2.46. The molecule has 1 aromatic rings. The van der Waals surface area contributed by atoms with Crippen molar-refractivity contribution in [2.75, 3.05) is 0 Å². The van der Waals surface area contributed by atoms with Crippen LogP contribution >= 0.6 is 0 Å². The van der Waals surface area contributed by atoms with E-state index in [9.17, 15) is 0 Å². The average Bonchev–Trinajstić information content (AvgIpc) is 2.29. The lowest BCUT2D eigenvalue weighted by Crippen LogP contribution is -2.14. The highest BCUT2D eigenvalue weighted by atomic mass is 16.5. The molecule has 1 unspecified atom stereocenters. The Morgan fingerprint density at radius 3 is 2.80 bits per heavy atom. The molecular formula is C14H20O. The molecule has 1 rings (SSSR count). The summed E-state index contributed by atoms with van der Waals surface area (Å²) >= 11 is 0. The van der Waals surface area contributed by atoms with Gasteiger partial charge >= 0.3 is 0 Å². The minimum absolute atomic E-state index is 0.343. The van der Waals surface area contributed by atoms with Crippen LogP contribution in [0.5, 0.6) is 5.75 Å². The van der Waals surface area contributed by atoms with Gasteiger partial charge in [-0.1, -0.05) is 45.1 Å². The lowest BCUT2D eigenvalue weighted by molar-refractivity contribution is 0.185. The van der Waals surface area contributed by atoms with E-state index in [1.54, 1.807) is 0 Å². The van der Waals surface area contributed by atoms with Crippen LogP contribution in [0.3, 0.4) is 0 Å². The molecule has 15 heavy (non-hydrogen) atoms. The van der Waals surface area contributed by atoms with Gasteiger partial charge in [0.1, 0.15) is 5.75 Å². The van der Waals surface area contributed by atoms with Crippen LogP contribution in [0, 0.1) is 0 Å². The zero-order valence-corrected chi connectivity index (χ0v) is 9.70. The van der Waals surface area contributed by atoms with Crippen LogP contribution in [0.4, 0.5) is 0 Å². The maximum Gasteiger partial charge on any atom is 0.120 e. The van der Waals surface area contributed by atoms with Gasteiger partial charge in [0.2, 0.25) is 0 Å². The topological polar surface area (TPSA) is 9.23 Å². The summed E-state index contributed by atoms with van der Waals surface area (Å²) < 4.78 is 5.90. The summed E-state index contributed by atoms with van der Waals surface area (Å²) in [7, 11) is 0. The molecule has 1 atom stereocenters. The molecule has 0 saturated heterocycles. The fourth-order valence-corrected chi connectivity index (χ4v) is 1.58. The summed E-state index contributed by atoms with van der Waals surface area (Å²) in [5.41, 5.74) is 1.11. The van der Waals surface area contributed by atoms with Crippen molar-refractivity contribution in [3.05, 3.63) is 36.4 Å². The highest BCUT2D eigenvalue weighted by Crippen LogP contribution is 2.18. The molecule has 0 bridgehead atoms. The van der Waals surface area contributed by atoms with Crippen molar-refractivity contribution in [3.8, 4) is 5.75 Å². The third-order valence-corrected chi connectivity index (χ3v) is 2.46. The minimum atomic E-state index is 0.343. The molecule has 82 valence electrons. The van der Waals surface area contributed by atoms with E-state index in [1.807, 2.05) is 30.3 Å². The Bertz CT molecular complexity index is 304. The van der Waals surface area contributed by atoms with E-state index >= 15 is 0 Å². The monoisotopic (exact) mass is 204 g/mol. The van der Waals surface area contributed by atoms with Crippen molar-refractivity contribution in [3.63, 3.8) is 0 Å². The summed E-state index contributed by atoms with van der Waals surface area (Å²) in [6.45, 7) is 8.10. The fourth-order valence-electron chi connectivity index (χ4n) is 1.58. The fraction of sp³-hybridized carbons (Fsp3) is 0.429. The first-order valence-electron chi connectivity index (χ1n) is 5.69. The Hall–Kier alpha value is -1.24. The molecule has 0 aliphatic rings. The Labute approximate surface area is 92.8 Å². The van der Waals surface area contributed by atoms with Crippen LogP contribution in [0.2, 0.25) is 0 Å². The van der Waals surface area contributed by atoms with Gasteiger partial charge < -0.3 is 4.74 Å². The van der Waals surface area contributed by atoms with Crippen molar-refractivity contribution in [2.24, 2.45) is 0 Å². The Balaban J connectivity index is 2.65. The largest absolute Gasteiger partial charge is 0.490 e. The van der Waals surface area contributed by atoms with E-state index in [2.05, 4.69) is 20.4 Å². The number of ether oxygens (including phenoxy) is 1. The third kappa shape index (κ3) is 3.78. The molecule has 1 heteroatoms. The number of benzene rings is 1. The van der Waals surface area contributed by atoms with Crippen molar-refractivity contribution in [2.45, 2.75) is 39.2 Å². The molecular weight excluding hydrogens is 184 g/mol. The van der Waals surface area contributed by atoms with E-state index < -0.39 is 0 Å². The molecule has 1 nitrogen and oxygen atoms in total. The van der Waals surface area contributed by atoms with Gasteiger partial charge in [0.05, 0.1) is 6.10 Å². The first-order chi connectivity index (χ1) is 7.30. The maximum absolute atomic E-state index is 5.90. The van der Waals surface area contributed by atoms with Gasteiger partial charge in [0.25, 0.3) is 0 Å². The summed E-state index contributed by atoms with van der Waals surface area (Å²) in [5, 5.41) is 0. The van der Waals surface area contributed by atoms with E-state index in [0.29, 0.717) is 6.10 Å². The molecule has 0 amide bonds. The van der Waals surface area contributed by atoms with Gasteiger partial charge in [0, 0.05) is 0 Å². The van der Waals surface area contributed by atoms with Gasteiger partial charge in [-0.25, -0.2) is 0 Å². The number of rotatable bonds is 6. The SMILES string of the molecule is C=Cc1cccc(OC(CC)CCC)c1. The normalized spacial score (nSPS) is 12.1. The van der Waals surface area contributed by atoms with Crippen LogP contribution in [-0.2, 0) is 0 Å². The smallest absolute Gasteiger partial charge is 0.120 e. The van der Waals surface area contributed by atoms with Gasteiger partial charge in [0.15, 0.2) is 0 Å². The van der Waals surface area contributed by atoms with Gasteiger partial charge in [-0.05, 0) is 30.5 Å². The second-order valence-electron chi connectivity index (χ2n) is 3.71. The maximum atomic E-state index is 5.90. The Morgan fingerprint density at radius 2 is 2.20 bits per heavy atom. The van der Waals surface area contributed by atoms with Crippen molar-refractivity contribution >= 4 is 6.08 Å². The predicted octanol–water partition coefficient (Wildman–Crippen LogP) is 4.29. The number of hydrogen-bond acceptors (Lipinski definition) is 1. The van der Waals surface area contributed by atoms with E-state index in [-0.39, 0.29) is 0 Å². The summed E-state index contributed by atoms with van der Waals surface area (Å²) in [5.74, 6) is 0.952. The van der Waals surface area contributed by atoms with Crippen molar-refractivity contribution < 1.29 is 4.74 Å². The van der Waals surface area contributed by atoms with Gasteiger partial charge in [-0.3, -0.25) is 0 Å². The lowest BCUT2D eigenvalue weighted by atomic mass is 10.1. The second kappa shape index (κ2) is 6.28. The highest BCUT2D eigenvalue weighted by molar-refractivity contribution is 5.49. The summed E-state index contributed by atoms with van der Waals surface area (Å²) in [6, 6.07) is 8.07. The Morgan fingerprint density at radius 1 is 1.40 bits per heavy atom. The molecule has 0 spiro atoms. The molecule has 0 heterocycles. The molecule has 0 saturated carbocycles. The quantitative estimate of drug-likeness (QED) is 0.671. The zero-order valence-electron chi connectivity index (χ0n) is 9.70. The van der Waals surface area contributed by atoms with Crippen LogP contribution in [0.25, 0.3) is 6.08 Å².